The molecule has 2 amide bonds. The summed E-state index contributed by atoms with van der Waals surface area (Å²) in [5.74, 6) is -0.807. The van der Waals surface area contributed by atoms with Crippen LogP contribution < -0.4 is 9.62 Å². The Morgan fingerprint density at radius 3 is 2.13 bits per heavy atom. The lowest BCUT2D eigenvalue weighted by molar-refractivity contribution is -0.140. The molecule has 1 atom stereocenters. The predicted molar refractivity (Wildman–Crippen MR) is 183 cm³/mol. The summed E-state index contributed by atoms with van der Waals surface area (Å²) >= 11 is 12.5. The Hall–Kier alpha value is -3.85. The van der Waals surface area contributed by atoms with Crippen LogP contribution in [0.5, 0.6) is 0 Å². The number of aryl methyl sites for hydroxylation is 1. The molecule has 240 valence electrons. The van der Waals surface area contributed by atoms with Crippen LogP contribution in [-0.2, 0) is 32.6 Å². The molecule has 1 saturated carbocycles. The van der Waals surface area contributed by atoms with Crippen LogP contribution in [0.2, 0.25) is 10.0 Å². The molecule has 4 aromatic rings. The quantitative estimate of drug-likeness (QED) is 0.172. The van der Waals surface area contributed by atoms with Crippen LogP contribution in [-0.4, -0.2) is 43.8 Å². The van der Waals surface area contributed by atoms with Gasteiger partial charge >= 0.3 is 0 Å². The number of hydrogen-bond acceptors (Lipinski definition) is 4. The Morgan fingerprint density at radius 1 is 0.826 bits per heavy atom. The van der Waals surface area contributed by atoms with Gasteiger partial charge in [0, 0.05) is 29.1 Å². The van der Waals surface area contributed by atoms with Crippen LogP contribution in [0, 0.1) is 6.92 Å². The number of nitrogens with zero attached hydrogens (tertiary/aromatic N) is 2. The van der Waals surface area contributed by atoms with Gasteiger partial charge in [-0.25, -0.2) is 8.42 Å². The average Bonchev–Trinajstić information content (AvgIpc) is 3.55. The van der Waals surface area contributed by atoms with Gasteiger partial charge in [0.15, 0.2) is 0 Å². The Bertz CT molecular complexity index is 1740. The van der Waals surface area contributed by atoms with Crippen molar-refractivity contribution >= 4 is 50.7 Å². The number of halogens is 2. The second kappa shape index (κ2) is 15.2. The van der Waals surface area contributed by atoms with E-state index in [0.29, 0.717) is 15.6 Å². The normalized spacial score (nSPS) is 14.1. The summed E-state index contributed by atoms with van der Waals surface area (Å²) in [7, 11) is -4.19. The summed E-state index contributed by atoms with van der Waals surface area (Å²) in [5, 5.41) is 4.10. The molecular weight excluding hydrogens is 641 g/mol. The van der Waals surface area contributed by atoms with Crippen molar-refractivity contribution in [2.75, 3.05) is 10.8 Å². The minimum atomic E-state index is -4.19. The topological polar surface area (TPSA) is 86.8 Å². The van der Waals surface area contributed by atoms with E-state index in [1.807, 2.05) is 43.3 Å². The molecular formula is C36H37Cl2N3O4S. The van der Waals surface area contributed by atoms with E-state index in [0.717, 1.165) is 41.1 Å². The molecule has 0 bridgehead atoms. The van der Waals surface area contributed by atoms with E-state index in [2.05, 4.69) is 5.32 Å². The van der Waals surface area contributed by atoms with E-state index in [1.54, 1.807) is 54.6 Å². The summed E-state index contributed by atoms with van der Waals surface area (Å²) in [6.45, 7) is 1.38. The van der Waals surface area contributed by atoms with E-state index < -0.39 is 28.5 Å². The molecule has 10 heteroatoms. The Balaban J connectivity index is 1.56. The fourth-order valence-corrected chi connectivity index (χ4v) is 7.48. The average molecular weight is 679 g/mol. The Morgan fingerprint density at radius 2 is 1.48 bits per heavy atom. The first-order valence-electron chi connectivity index (χ1n) is 15.3. The second-order valence-corrected chi connectivity index (χ2v) is 14.4. The first-order chi connectivity index (χ1) is 22.1. The molecule has 7 nitrogen and oxygen atoms in total. The SMILES string of the molecule is Cc1ccc(S(=O)(=O)N(CC(=O)N(Cc2cccc(Cl)c2)[C@H](Cc2ccccc2)C(=O)NC2CCCC2)c2ccc(Cl)cc2)cc1. The largest absolute Gasteiger partial charge is 0.352 e. The molecule has 5 rings (SSSR count). The third kappa shape index (κ3) is 8.49. The van der Waals surface area contributed by atoms with Crippen LogP contribution in [0.4, 0.5) is 5.69 Å². The summed E-state index contributed by atoms with van der Waals surface area (Å²) < 4.78 is 29.4. The maximum atomic E-state index is 14.6. The van der Waals surface area contributed by atoms with Gasteiger partial charge in [-0.1, -0.05) is 96.2 Å². The first-order valence-corrected chi connectivity index (χ1v) is 17.5. The Kier molecular flexibility index (Phi) is 11.0. The molecule has 0 heterocycles. The number of carbonyl (C=O) groups is 2. The van der Waals surface area contributed by atoms with Crippen molar-refractivity contribution in [3.8, 4) is 0 Å². The number of carbonyl (C=O) groups excluding carboxylic acids is 2. The van der Waals surface area contributed by atoms with Crippen molar-refractivity contribution in [3.63, 3.8) is 0 Å². The van der Waals surface area contributed by atoms with Gasteiger partial charge in [-0.2, -0.15) is 0 Å². The van der Waals surface area contributed by atoms with Gasteiger partial charge in [0.05, 0.1) is 10.6 Å². The molecule has 0 unspecified atom stereocenters. The molecule has 1 aliphatic carbocycles. The van der Waals surface area contributed by atoms with Gasteiger partial charge < -0.3 is 10.2 Å². The van der Waals surface area contributed by atoms with E-state index >= 15 is 0 Å². The molecule has 1 N–H and O–H groups in total. The standard InChI is InChI=1S/C36H37Cl2N3O4S/c1-26-14-20-33(21-15-26)46(44,45)41(32-18-16-29(37)17-19-32)25-35(42)40(24-28-10-7-11-30(38)22-28)34(23-27-8-3-2-4-9-27)36(43)39-31-12-5-6-13-31/h2-4,7-11,14-22,31,34H,5-6,12-13,23-25H2,1H3,(H,39,43)/t34-/m1/s1. The lowest BCUT2D eigenvalue weighted by Gasteiger charge is -2.34. The predicted octanol–water partition coefficient (Wildman–Crippen LogP) is 7.20. The maximum Gasteiger partial charge on any atom is 0.264 e. The number of rotatable bonds is 12. The molecule has 4 aromatic carbocycles. The van der Waals surface area contributed by atoms with Gasteiger partial charge in [0.25, 0.3) is 10.0 Å². The number of hydrogen-bond donors (Lipinski definition) is 1. The number of anilines is 1. The molecule has 1 fully saturated rings. The number of amides is 2. The highest BCUT2D eigenvalue weighted by Gasteiger charge is 2.35. The summed E-state index contributed by atoms with van der Waals surface area (Å²) in [5.41, 5.74) is 2.76. The molecule has 0 aromatic heterocycles. The zero-order chi connectivity index (χ0) is 32.7. The molecule has 0 saturated heterocycles. The third-order valence-corrected chi connectivity index (χ3v) is 10.5. The van der Waals surface area contributed by atoms with E-state index in [1.165, 1.54) is 17.0 Å². The molecule has 0 aliphatic heterocycles. The molecule has 0 radical (unpaired) electrons. The van der Waals surface area contributed by atoms with E-state index in [9.17, 15) is 18.0 Å². The van der Waals surface area contributed by atoms with E-state index in [-0.39, 0.29) is 35.5 Å². The van der Waals surface area contributed by atoms with Crippen molar-refractivity contribution < 1.29 is 18.0 Å². The van der Waals surface area contributed by atoms with Crippen LogP contribution in [0.3, 0.4) is 0 Å². The highest BCUT2D eigenvalue weighted by Crippen LogP contribution is 2.27. The van der Waals surface area contributed by atoms with Gasteiger partial charge in [0.2, 0.25) is 11.8 Å². The highest BCUT2D eigenvalue weighted by molar-refractivity contribution is 7.92. The lowest BCUT2D eigenvalue weighted by Crippen LogP contribution is -2.54. The summed E-state index contributed by atoms with van der Waals surface area (Å²) in [6, 6.07) is 28.5. The van der Waals surface area contributed by atoms with Gasteiger partial charge in [-0.3, -0.25) is 13.9 Å². The van der Waals surface area contributed by atoms with Gasteiger partial charge in [0.1, 0.15) is 12.6 Å². The fourth-order valence-electron chi connectivity index (χ4n) is 5.73. The van der Waals surface area contributed by atoms with Gasteiger partial charge in [-0.05, 0) is 79.4 Å². The minimum Gasteiger partial charge on any atom is -0.352 e. The van der Waals surface area contributed by atoms with E-state index in [4.69, 9.17) is 23.2 Å². The molecule has 0 spiro atoms. The Labute approximate surface area is 281 Å². The fraction of sp³-hybridized carbons (Fsp3) is 0.278. The van der Waals surface area contributed by atoms with Crippen LogP contribution >= 0.6 is 23.2 Å². The maximum absolute atomic E-state index is 14.6. The number of benzene rings is 4. The van der Waals surface area contributed by atoms with Crippen molar-refractivity contribution in [1.82, 2.24) is 10.2 Å². The van der Waals surface area contributed by atoms with Gasteiger partial charge in [-0.15, -0.1) is 0 Å². The van der Waals surface area contributed by atoms with Crippen molar-refractivity contribution in [2.45, 2.75) is 62.6 Å². The van der Waals surface area contributed by atoms with Crippen molar-refractivity contribution in [3.05, 3.63) is 130 Å². The third-order valence-electron chi connectivity index (χ3n) is 8.22. The first kappa shape index (κ1) is 33.5. The summed E-state index contributed by atoms with van der Waals surface area (Å²) in [6.07, 6.45) is 4.08. The second-order valence-electron chi connectivity index (χ2n) is 11.6. The number of sulfonamides is 1. The summed E-state index contributed by atoms with van der Waals surface area (Å²) in [4.78, 5) is 30.2. The molecule has 1 aliphatic rings. The highest BCUT2D eigenvalue weighted by atomic mass is 35.5. The minimum absolute atomic E-state index is 0.0291. The van der Waals surface area contributed by atoms with Crippen molar-refractivity contribution in [1.29, 1.82) is 0 Å². The molecule has 46 heavy (non-hydrogen) atoms. The number of nitrogens with one attached hydrogen (secondary N) is 1. The lowest BCUT2D eigenvalue weighted by atomic mass is 10.0. The smallest absolute Gasteiger partial charge is 0.264 e. The monoisotopic (exact) mass is 677 g/mol. The van der Waals surface area contributed by atoms with Crippen LogP contribution in [0.1, 0.15) is 42.4 Å². The zero-order valence-electron chi connectivity index (χ0n) is 25.6. The van der Waals surface area contributed by atoms with Crippen LogP contribution in [0.25, 0.3) is 0 Å². The zero-order valence-corrected chi connectivity index (χ0v) is 27.9. The van der Waals surface area contributed by atoms with Crippen molar-refractivity contribution in [2.24, 2.45) is 0 Å². The van der Waals surface area contributed by atoms with Crippen LogP contribution in [0.15, 0.2) is 108 Å².